The summed E-state index contributed by atoms with van der Waals surface area (Å²) in [6, 6.07) is 5.96. The van der Waals surface area contributed by atoms with E-state index in [0.717, 1.165) is 9.26 Å². The Morgan fingerprint density at radius 1 is 1.41 bits per heavy atom. The van der Waals surface area contributed by atoms with Gasteiger partial charge in [-0.15, -0.1) is 5.10 Å². The van der Waals surface area contributed by atoms with Gasteiger partial charge < -0.3 is 15.5 Å². The van der Waals surface area contributed by atoms with Crippen molar-refractivity contribution in [2.45, 2.75) is 6.42 Å². The SMILES string of the molecule is NCCc1nnc(Nc2ccc(I)cc2Cl)o1. The number of hydrogen-bond acceptors (Lipinski definition) is 5. The molecule has 1 aromatic heterocycles. The van der Waals surface area contributed by atoms with Crippen LogP contribution < -0.4 is 11.1 Å². The first-order chi connectivity index (χ1) is 8.19. The molecule has 7 heteroatoms. The zero-order valence-corrected chi connectivity index (χ0v) is 11.7. The van der Waals surface area contributed by atoms with Gasteiger partial charge in [0, 0.05) is 16.5 Å². The number of nitrogens with two attached hydrogens (primary N) is 1. The van der Waals surface area contributed by atoms with Crippen molar-refractivity contribution < 1.29 is 4.42 Å². The van der Waals surface area contributed by atoms with Crippen LogP contribution in [0.1, 0.15) is 5.89 Å². The lowest BCUT2D eigenvalue weighted by Gasteiger charge is -2.03. The maximum atomic E-state index is 6.07. The van der Waals surface area contributed by atoms with Gasteiger partial charge in [0.15, 0.2) is 0 Å². The molecule has 0 aliphatic rings. The molecule has 1 heterocycles. The highest BCUT2D eigenvalue weighted by Gasteiger charge is 2.07. The van der Waals surface area contributed by atoms with Gasteiger partial charge in [0.05, 0.1) is 10.7 Å². The summed E-state index contributed by atoms with van der Waals surface area (Å²) in [5, 5.41) is 11.3. The van der Waals surface area contributed by atoms with Crippen molar-refractivity contribution >= 4 is 45.9 Å². The van der Waals surface area contributed by atoms with Crippen LogP contribution >= 0.6 is 34.2 Å². The van der Waals surface area contributed by atoms with E-state index in [1.165, 1.54) is 0 Å². The second-order valence-corrected chi connectivity index (χ2v) is 4.94. The zero-order chi connectivity index (χ0) is 12.3. The summed E-state index contributed by atoms with van der Waals surface area (Å²) in [6.07, 6.45) is 0.565. The van der Waals surface area contributed by atoms with Crippen molar-refractivity contribution in [1.29, 1.82) is 0 Å². The predicted octanol–water partition coefficient (Wildman–Crippen LogP) is 2.57. The summed E-state index contributed by atoms with van der Waals surface area (Å²) in [4.78, 5) is 0. The minimum atomic E-state index is 0.316. The fraction of sp³-hybridized carbons (Fsp3) is 0.200. The van der Waals surface area contributed by atoms with Gasteiger partial charge in [0.1, 0.15) is 0 Å². The number of halogens is 2. The van der Waals surface area contributed by atoms with Crippen LogP contribution in [0.3, 0.4) is 0 Å². The molecule has 0 saturated carbocycles. The lowest BCUT2D eigenvalue weighted by molar-refractivity contribution is 0.510. The van der Waals surface area contributed by atoms with Crippen LogP contribution in [0.2, 0.25) is 5.02 Å². The van der Waals surface area contributed by atoms with E-state index in [1.54, 1.807) is 0 Å². The highest BCUT2D eigenvalue weighted by molar-refractivity contribution is 14.1. The Balaban J connectivity index is 2.13. The van der Waals surface area contributed by atoms with E-state index in [2.05, 4.69) is 38.1 Å². The van der Waals surface area contributed by atoms with Crippen molar-refractivity contribution in [3.8, 4) is 0 Å². The predicted molar refractivity (Wildman–Crippen MR) is 74.5 cm³/mol. The number of rotatable bonds is 4. The molecule has 0 bridgehead atoms. The first-order valence-corrected chi connectivity index (χ1v) is 6.39. The Hall–Kier alpha value is -0.860. The molecule has 3 N–H and O–H groups in total. The van der Waals surface area contributed by atoms with Gasteiger partial charge >= 0.3 is 6.01 Å². The molecule has 90 valence electrons. The fourth-order valence-corrected chi connectivity index (χ4v) is 2.14. The third-order valence-electron chi connectivity index (χ3n) is 2.00. The summed E-state index contributed by atoms with van der Waals surface area (Å²) in [5.74, 6) is 0.511. The molecule has 2 rings (SSSR count). The molecule has 0 spiro atoms. The third kappa shape index (κ3) is 3.30. The van der Waals surface area contributed by atoms with Gasteiger partial charge in [-0.1, -0.05) is 16.7 Å². The highest BCUT2D eigenvalue weighted by Crippen LogP contribution is 2.26. The van der Waals surface area contributed by atoms with E-state index in [1.807, 2.05) is 18.2 Å². The van der Waals surface area contributed by atoms with E-state index < -0.39 is 0 Å². The summed E-state index contributed by atoms with van der Waals surface area (Å²) in [6.45, 7) is 0.478. The third-order valence-corrected chi connectivity index (χ3v) is 2.98. The molecule has 0 aliphatic heterocycles. The van der Waals surface area contributed by atoms with Crippen LogP contribution in [0.25, 0.3) is 0 Å². The van der Waals surface area contributed by atoms with E-state index in [9.17, 15) is 0 Å². The Bertz CT molecular complexity index is 517. The molecule has 5 nitrogen and oxygen atoms in total. The maximum Gasteiger partial charge on any atom is 0.320 e. The Morgan fingerprint density at radius 2 is 2.24 bits per heavy atom. The maximum absolute atomic E-state index is 6.07. The van der Waals surface area contributed by atoms with E-state index >= 15 is 0 Å². The van der Waals surface area contributed by atoms with E-state index in [0.29, 0.717) is 29.9 Å². The first-order valence-electron chi connectivity index (χ1n) is 4.93. The van der Waals surface area contributed by atoms with Crippen molar-refractivity contribution in [2.24, 2.45) is 5.73 Å². The molecular weight excluding hydrogens is 354 g/mol. The molecule has 0 radical (unpaired) electrons. The molecule has 2 aromatic rings. The standard InChI is InChI=1S/C10H10ClIN4O/c11-7-5-6(12)1-2-8(7)14-10-16-15-9(17-10)3-4-13/h1-2,5H,3-4,13H2,(H,14,16). The van der Waals surface area contributed by atoms with Crippen molar-refractivity contribution in [3.05, 3.63) is 32.7 Å². The quantitative estimate of drug-likeness (QED) is 0.816. The number of hydrogen-bond donors (Lipinski definition) is 2. The van der Waals surface area contributed by atoms with Crippen molar-refractivity contribution in [1.82, 2.24) is 10.2 Å². The second-order valence-electron chi connectivity index (χ2n) is 3.29. The average Bonchev–Trinajstić information content (AvgIpc) is 2.71. The van der Waals surface area contributed by atoms with Gasteiger partial charge in [0.2, 0.25) is 5.89 Å². The number of benzene rings is 1. The van der Waals surface area contributed by atoms with E-state index in [4.69, 9.17) is 21.8 Å². The molecule has 1 aromatic carbocycles. The van der Waals surface area contributed by atoms with Gasteiger partial charge in [-0.25, -0.2) is 0 Å². The topological polar surface area (TPSA) is 77.0 Å². The van der Waals surface area contributed by atoms with Crippen LogP contribution in [0.5, 0.6) is 0 Å². The van der Waals surface area contributed by atoms with Gasteiger partial charge in [0.25, 0.3) is 0 Å². The second kappa shape index (κ2) is 5.65. The van der Waals surface area contributed by atoms with Crippen LogP contribution in [-0.4, -0.2) is 16.7 Å². The monoisotopic (exact) mass is 364 g/mol. The Kier molecular flexibility index (Phi) is 4.19. The van der Waals surface area contributed by atoms with Crippen LogP contribution in [-0.2, 0) is 6.42 Å². The smallest absolute Gasteiger partial charge is 0.320 e. The lowest BCUT2D eigenvalue weighted by Crippen LogP contribution is -2.02. The minimum absolute atomic E-state index is 0.316. The van der Waals surface area contributed by atoms with Crippen LogP contribution in [0.4, 0.5) is 11.7 Å². The highest BCUT2D eigenvalue weighted by atomic mass is 127. The van der Waals surface area contributed by atoms with E-state index in [-0.39, 0.29) is 0 Å². The molecule has 0 saturated heterocycles. The molecule has 0 fully saturated rings. The summed E-state index contributed by atoms with van der Waals surface area (Å²) in [5.41, 5.74) is 6.12. The Labute approximate surface area is 117 Å². The number of nitrogens with zero attached hydrogens (tertiary/aromatic N) is 2. The number of anilines is 2. The summed E-state index contributed by atoms with van der Waals surface area (Å²) < 4.78 is 6.40. The first kappa shape index (κ1) is 12.6. The molecule has 0 amide bonds. The van der Waals surface area contributed by atoms with Crippen LogP contribution in [0.15, 0.2) is 22.6 Å². The molecule has 17 heavy (non-hydrogen) atoms. The minimum Gasteiger partial charge on any atom is -0.408 e. The molecule has 0 unspecified atom stereocenters. The largest absolute Gasteiger partial charge is 0.408 e. The number of aromatic nitrogens is 2. The average molecular weight is 365 g/mol. The normalized spacial score (nSPS) is 10.5. The lowest BCUT2D eigenvalue weighted by atomic mass is 10.3. The van der Waals surface area contributed by atoms with Gasteiger partial charge in [-0.3, -0.25) is 0 Å². The Morgan fingerprint density at radius 3 is 2.94 bits per heavy atom. The van der Waals surface area contributed by atoms with Gasteiger partial charge in [-0.2, -0.15) is 0 Å². The summed E-state index contributed by atoms with van der Waals surface area (Å²) >= 11 is 8.26. The molecule has 0 aliphatic carbocycles. The van der Waals surface area contributed by atoms with Crippen molar-refractivity contribution in [3.63, 3.8) is 0 Å². The molecular formula is C10H10ClIN4O. The molecule has 0 atom stereocenters. The fourth-order valence-electron chi connectivity index (χ4n) is 1.23. The van der Waals surface area contributed by atoms with Crippen LogP contribution in [0, 0.1) is 3.57 Å². The summed E-state index contributed by atoms with van der Waals surface area (Å²) in [7, 11) is 0. The van der Waals surface area contributed by atoms with Gasteiger partial charge in [-0.05, 0) is 40.8 Å². The zero-order valence-electron chi connectivity index (χ0n) is 8.78. The van der Waals surface area contributed by atoms with Crippen molar-refractivity contribution in [2.75, 3.05) is 11.9 Å². The number of nitrogens with one attached hydrogen (secondary N) is 1.